The van der Waals surface area contributed by atoms with Gasteiger partial charge >= 0.3 is 5.97 Å². The number of nitrogens with zero attached hydrogens (tertiary/aromatic N) is 1. The molecule has 0 bridgehead atoms. The van der Waals surface area contributed by atoms with E-state index in [1.807, 2.05) is 0 Å². The van der Waals surface area contributed by atoms with Gasteiger partial charge in [-0.3, -0.25) is 4.79 Å². The Balaban J connectivity index is 2.04. The Morgan fingerprint density at radius 3 is 2.89 bits per heavy atom. The zero-order chi connectivity index (χ0) is 13.8. The molecule has 1 atom stereocenters. The van der Waals surface area contributed by atoms with E-state index in [9.17, 15) is 9.59 Å². The van der Waals surface area contributed by atoms with Crippen LogP contribution in [0.25, 0.3) is 0 Å². The lowest BCUT2D eigenvalue weighted by molar-refractivity contribution is -0.158. The second kappa shape index (κ2) is 6.03. The van der Waals surface area contributed by atoms with Gasteiger partial charge in [0.15, 0.2) is 6.10 Å². The molecule has 2 rings (SSSR count). The fourth-order valence-electron chi connectivity index (χ4n) is 1.80. The van der Waals surface area contributed by atoms with Crippen molar-refractivity contribution < 1.29 is 23.8 Å². The van der Waals surface area contributed by atoms with Gasteiger partial charge in [0.25, 0.3) is 5.91 Å². The van der Waals surface area contributed by atoms with Crippen molar-refractivity contribution in [2.75, 3.05) is 33.9 Å². The third-order valence-electron chi connectivity index (χ3n) is 2.84. The molecule has 1 aliphatic rings. The molecule has 1 aliphatic heterocycles. The minimum atomic E-state index is -0.704. The molecule has 0 aliphatic carbocycles. The van der Waals surface area contributed by atoms with E-state index in [0.29, 0.717) is 23.8 Å². The summed E-state index contributed by atoms with van der Waals surface area (Å²) < 4.78 is 15.0. The van der Waals surface area contributed by atoms with E-state index in [2.05, 4.69) is 4.74 Å². The molecule has 1 unspecified atom stereocenters. The first-order valence-corrected chi connectivity index (χ1v) is 6.65. The van der Waals surface area contributed by atoms with Gasteiger partial charge in [-0.2, -0.15) is 0 Å². The molecule has 1 saturated heterocycles. The molecule has 1 amide bonds. The molecule has 6 nitrogen and oxygen atoms in total. The number of thiophene rings is 1. The first kappa shape index (κ1) is 13.8. The summed E-state index contributed by atoms with van der Waals surface area (Å²) in [4.78, 5) is 25.9. The molecular formula is C12H15NO5S. The maximum atomic E-state index is 12.3. The number of morpholine rings is 1. The molecule has 1 aromatic heterocycles. The molecule has 0 aromatic carbocycles. The molecule has 104 valence electrons. The van der Waals surface area contributed by atoms with Gasteiger partial charge in [0.2, 0.25) is 0 Å². The van der Waals surface area contributed by atoms with E-state index >= 15 is 0 Å². The van der Waals surface area contributed by atoms with Gasteiger partial charge in [-0.05, 0) is 0 Å². The lowest BCUT2D eigenvalue weighted by Crippen LogP contribution is -2.48. The van der Waals surface area contributed by atoms with Crippen LogP contribution in [0.15, 0.2) is 11.4 Å². The number of hydrogen-bond donors (Lipinski definition) is 0. The van der Waals surface area contributed by atoms with Gasteiger partial charge in [-0.25, -0.2) is 4.79 Å². The van der Waals surface area contributed by atoms with Gasteiger partial charge in [-0.15, -0.1) is 11.3 Å². The summed E-state index contributed by atoms with van der Waals surface area (Å²) in [5.74, 6) is 0.0814. The molecular weight excluding hydrogens is 270 g/mol. The van der Waals surface area contributed by atoms with Crippen LogP contribution in [0.2, 0.25) is 0 Å². The summed E-state index contributed by atoms with van der Waals surface area (Å²) in [7, 11) is 2.86. The zero-order valence-electron chi connectivity index (χ0n) is 10.8. The molecule has 2 heterocycles. The third-order valence-corrected chi connectivity index (χ3v) is 3.74. The van der Waals surface area contributed by atoms with Crippen molar-refractivity contribution in [2.45, 2.75) is 6.10 Å². The molecule has 19 heavy (non-hydrogen) atoms. The highest BCUT2D eigenvalue weighted by Crippen LogP contribution is 2.23. The van der Waals surface area contributed by atoms with Crippen molar-refractivity contribution in [3.05, 3.63) is 16.3 Å². The Bertz CT molecular complexity index is 472. The number of carbonyl (C=O) groups excluding carboxylic acids is 2. The Hall–Kier alpha value is -1.60. The Labute approximate surface area is 114 Å². The number of carbonyl (C=O) groups is 2. The number of ether oxygens (including phenoxy) is 3. The predicted octanol–water partition coefficient (Wildman–Crippen LogP) is 0.771. The zero-order valence-corrected chi connectivity index (χ0v) is 11.6. The van der Waals surface area contributed by atoms with Crippen LogP contribution < -0.4 is 4.74 Å². The Morgan fingerprint density at radius 2 is 2.26 bits per heavy atom. The molecule has 1 fully saturated rings. The highest BCUT2D eigenvalue weighted by Gasteiger charge is 2.30. The predicted molar refractivity (Wildman–Crippen MR) is 68.5 cm³/mol. The highest BCUT2D eigenvalue weighted by molar-refractivity contribution is 7.12. The summed E-state index contributed by atoms with van der Waals surface area (Å²) in [5.41, 5.74) is 0. The number of esters is 1. The van der Waals surface area contributed by atoms with Gasteiger partial charge in [-0.1, -0.05) is 0 Å². The van der Waals surface area contributed by atoms with Crippen LogP contribution in [0.3, 0.4) is 0 Å². The van der Waals surface area contributed by atoms with E-state index in [-0.39, 0.29) is 12.5 Å². The quantitative estimate of drug-likeness (QED) is 0.768. The SMILES string of the molecule is COC(=O)C1CN(C(=O)c2cc(OC)cs2)CCO1. The largest absolute Gasteiger partial charge is 0.496 e. The summed E-state index contributed by atoms with van der Waals surface area (Å²) in [5, 5.41) is 1.77. The Morgan fingerprint density at radius 1 is 1.47 bits per heavy atom. The average molecular weight is 285 g/mol. The van der Waals surface area contributed by atoms with E-state index < -0.39 is 12.1 Å². The second-order valence-corrected chi connectivity index (χ2v) is 4.90. The van der Waals surface area contributed by atoms with Crippen LogP contribution in [0.1, 0.15) is 9.67 Å². The molecule has 0 N–H and O–H groups in total. The summed E-state index contributed by atoms with van der Waals surface area (Å²) in [6.45, 7) is 1.01. The maximum absolute atomic E-state index is 12.3. The minimum absolute atomic E-state index is 0.120. The normalized spacial score (nSPS) is 19.1. The van der Waals surface area contributed by atoms with Crippen LogP contribution in [0.5, 0.6) is 5.75 Å². The van der Waals surface area contributed by atoms with Crippen LogP contribution >= 0.6 is 11.3 Å². The van der Waals surface area contributed by atoms with Gasteiger partial charge in [0, 0.05) is 18.0 Å². The summed E-state index contributed by atoms with van der Waals surface area (Å²) >= 11 is 1.32. The molecule has 0 saturated carbocycles. The van der Waals surface area contributed by atoms with E-state index in [0.717, 1.165) is 0 Å². The lowest BCUT2D eigenvalue weighted by Gasteiger charge is -2.31. The molecule has 1 aromatic rings. The van der Waals surface area contributed by atoms with Crippen LogP contribution in [-0.4, -0.2) is 56.8 Å². The lowest BCUT2D eigenvalue weighted by atomic mass is 10.2. The first-order chi connectivity index (χ1) is 9.15. The standard InChI is InChI=1S/C12H15NO5S/c1-16-8-5-10(19-7-8)11(14)13-3-4-18-9(6-13)12(15)17-2/h5,7,9H,3-4,6H2,1-2H3. The second-order valence-electron chi connectivity index (χ2n) is 3.98. The average Bonchev–Trinajstić information content (AvgIpc) is 2.94. The van der Waals surface area contributed by atoms with E-state index in [1.54, 1.807) is 23.5 Å². The van der Waals surface area contributed by atoms with Gasteiger partial charge in [0.05, 0.1) is 32.2 Å². The number of amides is 1. The van der Waals surface area contributed by atoms with E-state index in [1.165, 1.54) is 18.4 Å². The molecule has 7 heteroatoms. The van der Waals surface area contributed by atoms with Gasteiger partial charge in [0.1, 0.15) is 5.75 Å². The van der Waals surface area contributed by atoms with Crippen molar-refractivity contribution >= 4 is 23.2 Å². The number of rotatable bonds is 3. The number of methoxy groups -OCH3 is 2. The van der Waals surface area contributed by atoms with Gasteiger partial charge < -0.3 is 19.1 Å². The van der Waals surface area contributed by atoms with Crippen LogP contribution in [-0.2, 0) is 14.3 Å². The van der Waals surface area contributed by atoms with Crippen molar-refractivity contribution in [3.63, 3.8) is 0 Å². The first-order valence-electron chi connectivity index (χ1n) is 5.77. The van der Waals surface area contributed by atoms with Crippen molar-refractivity contribution in [2.24, 2.45) is 0 Å². The fourth-order valence-corrected chi connectivity index (χ4v) is 2.62. The van der Waals surface area contributed by atoms with Crippen molar-refractivity contribution in [3.8, 4) is 5.75 Å². The van der Waals surface area contributed by atoms with Crippen LogP contribution in [0, 0.1) is 0 Å². The summed E-state index contributed by atoms with van der Waals surface area (Å²) in [6.07, 6.45) is -0.704. The smallest absolute Gasteiger partial charge is 0.336 e. The monoisotopic (exact) mass is 285 g/mol. The van der Waals surface area contributed by atoms with Crippen LogP contribution in [0.4, 0.5) is 0 Å². The van der Waals surface area contributed by atoms with Crippen molar-refractivity contribution in [1.29, 1.82) is 0 Å². The highest BCUT2D eigenvalue weighted by atomic mass is 32.1. The summed E-state index contributed by atoms with van der Waals surface area (Å²) in [6, 6.07) is 1.69. The van der Waals surface area contributed by atoms with Crippen molar-refractivity contribution in [1.82, 2.24) is 4.90 Å². The fraction of sp³-hybridized carbons (Fsp3) is 0.500. The molecule has 0 spiro atoms. The third kappa shape index (κ3) is 3.05. The topological polar surface area (TPSA) is 65.1 Å². The number of hydrogen-bond acceptors (Lipinski definition) is 6. The Kier molecular flexibility index (Phi) is 4.39. The molecule has 0 radical (unpaired) electrons. The minimum Gasteiger partial charge on any atom is -0.496 e. The maximum Gasteiger partial charge on any atom is 0.336 e. The van der Waals surface area contributed by atoms with E-state index in [4.69, 9.17) is 9.47 Å².